The molecule has 1 aromatic rings. The molecule has 0 aliphatic carbocycles. The first-order valence-corrected chi connectivity index (χ1v) is 5.37. The van der Waals surface area contributed by atoms with Gasteiger partial charge in [0, 0.05) is 18.2 Å². The molecule has 1 saturated heterocycles. The first kappa shape index (κ1) is 10.4. The summed E-state index contributed by atoms with van der Waals surface area (Å²) in [4.78, 5) is 13.2. The Morgan fingerprint density at radius 1 is 1.53 bits per heavy atom. The second-order valence-corrected chi connectivity index (χ2v) is 4.58. The maximum Gasteiger partial charge on any atom is 0.228 e. The molecule has 15 heavy (non-hydrogen) atoms. The smallest absolute Gasteiger partial charge is 0.228 e. The number of nitrogens with zero attached hydrogens (tertiary/aromatic N) is 1. The predicted molar refractivity (Wildman–Crippen MR) is 62.6 cm³/mol. The van der Waals surface area contributed by atoms with Gasteiger partial charge in [-0.1, -0.05) is 6.07 Å². The van der Waals surface area contributed by atoms with Gasteiger partial charge >= 0.3 is 0 Å². The summed E-state index contributed by atoms with van der Waals surface area (Å²) in [6.07, 6.45) is 0.441. The fraction of sp³-hybridized carbons (Fsp3) is 0.364. The van der Waals surface area contributed by atoms with Crippen molar-refractivity contribution in [2.24, 2.45) is 0 Å². The van der Waals surface area contributed by atoms with E-state index in [9.17, 15) is 9.90 Å². The van der Waals surface area contributed by atoms with E-state index in [4.69, 9.17) is 0 Å². The minimum Gasteiger partial charge on any atom is -0.506 e. The van der Waals surface area contributed by atoms with Crippen LogP contribution < -0.4 is 4.90 Å². The van der Waals surface area contributed by atoms with E-state index >= 15 is 0 Å². The van der Waals surface area contributed by atoms with Crippen molar-refractivity contribution in [3.05, 3.63) is 23.8 Å². The summed E-state index contributed by atoms with van der Waals surface area (Å²) >= 11 is 4.27. The summed E-state index contributed by atoms with van der Waals surface area (Å²) in [6.45, 7) is 2.47. The van der Waals surface area contributed by atoms with E-state index < -0.39 is 0 Å². The summed E-state index contributed by atoms with van der Waals surface area (Å²) in [6, 6.07) is 5.32. The SMILES string of the molecule is Cc1ccc(N2CC(S)CC2=O)c(O)c1. The molecule has 1 aliphatic rings. The lowest BCUT2D eigenvalue weighted by atomic mass is 10.2. The molecule has 2 rings (SSSR count). The van der Waals surface area contributed by atoms with Crippen LogP contribution in [0.25, 0.3) is 0 Å². The number of aryl methyl sites for hydroxylation is 1. The molecule has 1 fully saturated rings. The molecular weight excluding hydrogens is 210 g/mol. The average molecular weight is 223 g/mol. The summed E-state index contributed by atoms with van der Waals surface area (Å²) in [5.41, 5.74) is 1.56. The molecule has 0 aromatic heterocycles. The van der Waals surface area contributed by atoms with E-state index in [1.54, 1.807) is 17.0 Å². The number of rotatable bonds is 1. The lowest BCUT2D eigenvalue weighted by Crippen LogP contribution is -2.24. The highest BCUT2D eigenvalue weighted by atomic mass is 32.1. The number of benzene rings is 1. The Morgan fingerprint density at radius 2 is 2.27 bits per heavy atom. The molecule has 0 radical (unpaired) electrons. The van der Waals surface area contributed by atoms with E-state index in [1.807, 2.05) is 13.0 Å². The third-order valence-electron chi connectivity index (χ3n) is 2.53. The second kappa shape index (κ2) is 3.77. The largest absolute Gasteiger partial charge is 0.506 e. The molecule has 0 saturated carbocycles. The Kier molecular flexibility index (Phi) is 2.61. The van der Waals surface area contributed by atoms with E-state index in [0.717, 1.165) is 5.56 Å². The number of aromatic hydroxyl groups is 1. The third kappa shape index (κ3) is 1.95. The van der Waals surface area contributed by atoms with Crippen LogP contribution in [0.4, 0.5) is 5.69 Å². The highest BCUT2D eigenvalue weighted by molar-refractivity contribution is 7.81. The maximum atomic E-state index is 11.6. The Hall–Kier alpha value is -1.16. The summed E-state index contributed by atoms with van der Waals surface area (Å²) in [5.74, 6) is 0.180. The fourth-order valence-electron chi connectivity index (χ4n) is 1.78. The van der Waals surface area contributed by atoms with Gasteiger partial charge in [0.25, 0.3) is 0 Å². The van der Waals surface area contributed by atoms with Gasteiger partial charge in [0.15, 0.2) is 0 Å². The van der Waals surface area contributed by atoms with Crippen LogP contribution in [0.2, 0.25) is 0 Å². The highest BCUT2D eigenvalue weighted by Gasteiger charge is 2.29. The van der Waals surface area contributed by atoms with Crippen LogP contribution in [0.15, 0.2) is 18.2 Å². The normalized spacial score (nSPS) is 21.1. The minimum atomic E-state index is 0.0224. The van der Waals surface area contributed by atoms with Crippen molar-refractivity contribution in [3.63, 3.8) is 0 Å². The topological polar surface area (TPSA) is 40.5 Å². The number of hydrogen-bond donors (Lipinski definition) is 2. The predicted octanol–water partition coefficient (Wildman–Crippen LogP) is 1.74. The summed E-state index contributed by atoms with van der Waals surface area (Å²) in [7, 11) is 0. The Bertz CT molecular complexity index is 406. The number of hydrogen-bond acceptors (Lipinski definition) is 3. The molecule has 80 valence electrons. The van der Waals surface area contributed by atoms with Gasteiger partial charge in [-0.2, -0.15) is 12.6 Å². The van der Waals surface area contributed by atoms with Crippen LogP contribution in [0, 0.1) is 6.92 Å². The van der Waals surface area contributed by atoms with Gasteiger partial charge in [0.1, 0.15) is 5.75 Å². The number of carbonyl (C=O) groups excluding carboxylic acids is 1. The number of thiol groups is 1. The van der Waals surface area contributed by atoms with Gasteiger partial charge < -0.3 is 10.0 Å². The van der Waals surface area contributed by atoms with Gasteiger partial charge in [-0.15, -0.1) is 0 Å². The Morgan fingerprint density at radius 3 is 2.80 bits per heavy atom. The molecule has 1 amide bonds. The zero-order valence-electron chi connectivity index (χ0n) is 8.47. The maximum absolute atomic E-state index is 11.6. The van der Waals surface area contributed by atoms with Crippen molar-refractivity contribution in [1.29, 1.82) is 0 Å². The molecular formula is C11H13NO2S. The molecule has 1 aliphatic heterocycles. The molecule has 1 atom stereocenters. The van der Waals surface area contributed by atoms with Crippen LogP contribution in [0.3, 0.4) is 0 Å². The quantitative estimate of drug-likeness (QED) is 0.712. The van der Waals surface area contributed by atoms with Crippen molar-refractivity contribution in [3.8, 4) is 5.75 Å². The zero-order chi connectivity index (χ0) is 11.0. The van der Waals surface area contributed by atoms with Crippen LogP contribution in [-0.2, 0) is 4.79 Å². The lowest BCUT2D eigenvalue weighted by Gasteiger charge is -2.17. The van der Waals surface area contributed by atoms with E-state index in [0.29, 0.717) is 18.7 Å². The minimum absolute atomic E-state index is 0.0224. The van der Waals surface area contributed by atoms with Crippen LogP contribution in [-0.4, -0.2) is 22.8 Å². The van der Waals surface area contributed by atoms with Gasteiger partial charge in [-0.3, -0.25) is 4.79 Å². The van der Waals surface area contributed by atoms with Crippen molar-refractivity contribution < 1.29 is 9.90 Å². The third-order valence-corrected chi connectivity index (χ3v) is 2.87. The van der Waals surface area contributed by atoms with Crippen molar-refractivity contribution in [2.45, 2.75) is 18.6 Å². The van der Waals surface area contributed by atoms with E-state index in [1.165, 1.54) is 0 Å². The average Bonchev–Trinajstić information content (AvgIpc) is 2.45. The molecule has 0 bridgehead atoms. The van der Waals surface area contributed by atoms with Crippen LogP contribution >= 0.6 is 12.6 Å². The second-order valence-electron chi connectivity index (χ2n) is 3.85. The molecule has 3 nitrogen and oxygen atoms in total. The van der Waals surface area contributed by atoms with Crippen molar-refractivity contribution in [2.75, 3.05) is 11.4 Å². The molecule has 1 N–H and O–H groups in total. The number of amides is 1. The van der Waals surface area contributed by atoms with Crippen LogP contribution in [0.5, 0.6) is 5.75 Å². The standard InChI is InChI=1S/C11H13NO2S/c1-7-2-3-9(10(13)4-7)12-6-8(15)5-11(12)14/h2-4,8,13,15H,5-6H2,1H3. The number of phenols is 1. The van der Waals surface area contributed by atoms with Crippen molar-refractivity contribution in [1.82, 2.24) is 0 Å². The molecule has 0 spiro atoms. The van der Waals surface area contributed by atoms with Crippen LogP contribution in [0.1, 0.15) is 12.0 Å². The first-order valence-electron chi connectivity index (χ1n) is 4.86. The first-order chi connectivity index (χ1) is 7.08. The zero-order valence-corrected chi connectivity index (χ0v) is 9.37. The van der Waals surface area contributed by atoms with E-state index in [-0.39, 0.29) is 16.9 Å². The molecule has 1 aromatic carbocycles. The fourth-order valence-corrected chi connectivity index (χ4v) is 2.10. The van der Waals surface area contributed by atoms with Gasteiger partial charge in [-0.05, 0) is 24.6 Å². The highest BCUT2D eigenvalue weighted by Crippen LogP contribution is 2.32. The number of anilines is 1. The Balaban J connectivity index is 2.34. The summed E-state index contributed by atoms with van der Waals surface area (Å²) < 4.78 is 0. The van der Waals surface area contributed by atoms with Gasteiger partial charge in [-0.25, -0.2) is 0 Å². The number of carbonyl (C=O) groups is 1. The van der Waals surface area contributed by atoms with E-state index in [2.05, 4.69) is 12.6 Å². The lowest BCUT2D eigenvalue weighted by molar-refractivity contribution is -0.117. The molecule has 1 heterocycles. The van der Waals surface area contributed by atoms with Gasteiger partial charge in [0.2, 0.25) is 5.91 Å². The monoisotopic (exact) mass is 223 g/mol. The number of phenolic OH excluding ortho intramolecular Hbond substituents is 1. The molecule has 4 heteroatoms. The van der Waals surface area contributed by atoms with Crippen molar-refractivity contribution >= 4 is 24.2 Å². The van der Waals surface area contributed by atoms with Gasteiger partial charge in [0.05, 0.1) is 5.69 Å². The molecule has 1 unspecified atom stereocenters. The Labute approximate surface area is 94.1 Å². The summed E-state index contributed by atoms with van der Waals surface area (Å²) in [5, 5.41) is 9.80.